The fraction of sp³-hybridized carbons (Fsp3) is 0.591. The molecule has 0 unspecified atom stereocenters. The Hall–Kier alpha value is -1.85. The SMILES string of the molecule is COCC[C@@H]1CCCCN1Cc1nc(-c2ccc(OC)c(C)c2C)oc1C. The molecule has 5 nitrogen and oxygen atoms in total. The number of oxazole rings is 1. The summed E-state index contributed by atoms with van der Waals surface area (Å²) in [7, 11) is 3.48. The highest BCUT2D eigenvalue weighted by molar-refractivity contribution is 5.63. The molecule has 2 heterocycles. The van der Waals surface area contributed by atoms with Gasteiger partial charge in [0.2, 0.25) is 5.89 Å². The zero-order valence-corrected chi connectivity index (χ0v) is 17.3. The zero-order chi connectivity index (χ0) is 19.4. The molecule has 1 aromatic heterocycles. The molecule has 27 heavy (non-hydrogen) atoms. The van der Waals surface area contributed by atoms with Gasteiger partial charge in [0, 0.05) is 31.9 Å². The number of nitrogens with zero attached hydrogens (tertiary/aromatic N) is 2. The van der Waals surface area contributed by atoms with Crippen molar-refractivity contribution in [3.63, 3.8) is 0 Å². The molecule has 1 aliphatic heterocycles. The number of aromatic nitrogens is 1. The van der Waals surface area contributed by atoms with Crippen molar-refractivity contribution in [2.75, 3.05) is 27.4 Å². The number of likely N-dealkylation sites (tertiary alicyclic amines) is 1. The summed E-state index contributed by atoms with van der Waals surface area (Å²) in [4.78, 5) is 7.41. The topological polar surface area (TPSA) is 47.7 Å². The largest absolute Gasteiger partial charge is 0.496 e. The van der Waals surface area contributed by atoms with Crippen molar-refractivity contribution in [2.24, 2.45) is 0 Å². The Kier molecular flexibility index (Phi) is 6.55. The van der Waals surface area contributed by atoms with Crippen LogP contribution in [0.4, 0.5) is 0 Å². The second-order valence-electron chi connectivity index (χ2n) is 7.49. The average molecular weight is 373 g/mol. The lowest BCUT2D eigenvalue weighted by Gasteiger charge is -2.35. The van der Waals surface area contributed by atoms with Crippen LogP contribution in [0.15, 0.2) is 16.5 Å². The number of ether oxygens (including phenoxy) is 2. The molecule has 0 bridgehead atoms. The minimum absolute atomic E-state index is 0.572. The third kappa shape index (κ3) is 4.36. The van der Waals surface area contributed by atoms with E-state index in [0.29, 0.717) is 11.9 Å². The molecule has 1 atom stereocenters. The van der Waals surface area contributed by atoms with Crippen LogP contribution in [-0.4, -0.2) is 43.3 Å². The molecule has 0 amide bonds. The number of aryl methyl sites for hydroxylation is 1. The van der Waals surface area contributed by atoms with Crippen molar-refractivity contribution in [1.82, 2.24) is 9.88 Å². The first-order valence-electron chi connectivity index (χ1n) is 9.89. The molecule has 3 rings (SSSR count). The minimum Gasteiger partial charge on any atom is -0.496 e. The van der Waals surface area contributed by atoms with Gasteiger partial charge >= 0.3 is 0 Å². The fourth-order valence-corrected chi connectivity index (χ4v) is 3.98. The number of hydrogen-bond acceptors (Lipinski definition) is 5. The molecule has 0 aliphatic carbocycles. The second-order valence-corrected chi connectivity index (χ2v) is 7.49. The maximum Gasteiger partial charge on any atom is 0.226 e. The maximum absolute atomic E-state index is 6.06. The molecule has 1 aromatic carbocycles. The van der Waals surface area contributed by atoms with Crippen LogP contribution in [0, 0.1) is 20.8 Å². The zero-order valence-electron chi connectivity index (χ0n) is 17.3. The quantitative estimate of drug-likeness (QED) is 0.707. The van der Waals surface area contributed by atoms with E-state index >= 15 is 0 Å². The first kappa shape index (κ1) is 19.9. The normalized spacial score (nSPS) is 18.0. The predicted octanol–water partition coefficient (Wildman–Crippen LogP) is 4.67. The van der Waals surface area contributed by atoms with E-state index in [4.69, 9.17) is 18.9 Å². The molecule has 0 N–H and O–H groups in total. The third-order valence-electron chi connectivity index (χ3n) is 5.84. The molecular formula is C22H32N2O3. The van der Waals surface area contributed by atoms with Crippen LogP contribution >= 0.6 is 0 Å². The molecule has 1 saturated heterocycles. The summed E-state index contributed by atoms with van der Waals surface area (Å²) in [5.74, 6) is 2.51. The molecule has 5 heteroatoms. The second kappa shape index (κ2) is 8.89. The molecule has 0 saturated carbocycles. The number of benzene rings is 1. The van der Waals surface area contributed by atoms with E-state index in [1.54, 1.807) is 14.2 Å². The lowest BCUT2D eigenvalue weighted by molar-refractivity contribution is 0.0961. The molecule has 0 radical (unpaired) electrons. The smallest absolute Gasteiger partial charge is 0.226 e. The van der Waals surface area contributed by atoms with Crippen LogP contribution in [0.25, 0.3) is 11.5 Å². The van der Waals surface area contributed by atoms with E-state index in [1.165, 1.54) is 19.3 Å². The van der Waals surface area contributed by atoms with E-state index in [0.717, 1.165) is 60.0 Å². The summed E-state index contributed by atoms with van der Waals surface area (Å²) in [6.45, 7) is 8.97. The first-order valence-corrected chi connectivity index (χ1v) is 9.89. The number of piperidine rings is 1. The highest BCUT2D eigenvalue weighted by atomic mass is 16.5. The van der Waals surface area contributed by atoms with Crippen LogP contribution in [0.5, 0.6) is 5.75 Å². The van der Waals surface area contributed by atoms with Gasteiger partial charge in [-0.1, -0.05) is 6.42 Å². The van der Waals surface area contributed by atoms with Gasteiger partial charge in [-0.05, 0) is 69.8 Å². The van der Waals surface area contributed by atoms with Gasteiger partial charge < -0.3 is 13.9 Å². The van der Waals surface area contributed by atoms with Crippen LogP contribution in [0.2, 0.25) is 0 Å². The fourth-order valence-electron chi connectivity index (χ4n) is 3.98. The van der Waals surface area contributed by atoms with Crippen molar-refractivity contribution in [1.29, 1.82) is 0 Å². The van der Waals surface area contributed by atoms with Gasteiger partial charge in [-0.3, -0.25) is 4.90 Å². The van der Waals surface area contributed by atoms with Gasteiger partial charge in [0.1, 0.15) is 11.5 Å². The third-order valence-corrected chi connectivity index (χ3v) is 5.84. The summed E-state index contributed by atoms with van der Waals surface area (Å²) >= 11 is 0. The van der Waals surface area contributed by atoms with Gasteiger partial charge in [0.15, 0.2) is 0 Å². The van der Waals surface area contributed by atoms with Crippen LogP contribution < -0.4 is 4.74 Å². The Morgan fingerprint density at radius 1 is 1.15 bits per heavy atom. The lowest BCUT2D eigenvalue weighted by atomic mass is 9.99. The number of rotatable bonds is 7. The van der Waals surface area contributed by atoms with Gasteiger partial charge in [-0.15, -0.1) is 0 Å². The van der Waals surface area contributed by atoms with Crippen molar-refractivity contribution >= 4 is 0 Å². The van der Waals surface area contributed by atoms with E-state index in [9.17, 15) is 0 Å². The van der Waals surface area contributed by atoms with Crippen LogP contribution in [0.3, 0.4) is 0 Å². The average Bonchev–Trinajstić information content (AvgIpc) is 3.03. The summed E-state index contributed by atoms with van der Waals surface area (Å²) < 4.78 is 16.8. The Bertz CT molecular complexity index is 769. The van der Waals surface area contributed by atoms with Crippen molar-refractivity contribution in [3.8, 4) is 17.2 Å². The summed E-state index contributed by atoms with van der Waals surface area (Å²) in [6.07, 6.45) is 4.88. The highest BCUT2D eigenvalue weighted by Gasteiger charge is 2.25. The standard InChI is InChI=1S/C22H32N2O3/c1-15-16(2)21(26-5)10-9-19(15)22-23-20(17(3)27-22)14-24-12-7-6-8-18(24)11-13-25-4/h9-10,18H,6-8,11-14H2,1-5H3/t18-/m0/s1. The van der Waals surface area contributed by atoms with Gasteiger partial charge in [0.25, 0.3) is 0 Å². The molecule has 2 aromatic rings. The molecular weight excluding hydrogens is 340 g/mol. The van der Waals surface area contributed by atoms with Crippen LogP contribution in [0.1, 0.15) is 48.3 Å². The van der Waals surface area contributed by atoms with Gasteiger partial charge in [-0.2, -0.15) is 0 Å². The summed E-state index contributed by atoms with van der Waals surface area (Å²) in [5.41, 5.74) is 4.36. The molecule has 0 spiro atoms. The van der Waals surface area contributed by atoms with Crippen molar-refractivity contribution in [3.05, 3.63) is 34.7 Å². The van der Waals surface area contributed by atoms with E-state index in [1.807, 2.05) is 19.1 Å². The van der Waals surface area contributed by atoms with Gasteiger partial charge in [0.05, 0.1) is 12.8 Å². The Balaban J connectivity index is 1.81. The first-order chi connectivity index (χ1) is 13.0. The number of hydrogen-bond donors (Lipinski definition) is 0. The van der Waals surface area contributed by atoms with Crippen molar-refractivity contribution < 1.29 is 13.9 Å². The predicted molar refractivity (Wildman–Crippen MR) is 107 cm³/mol. The van der Waals surface area contributed by atoms with Crippen LogP contribution in [-0.2, 0) is 11.3 Å². The minimum atomic E-state index is 0.572. The summed E-state index contributed by atoms with van der Waals surface area (Å²) in [5, 5.41) is 0. The molecule has 1 aliphatic rings. The Labute approximate surface area is 162 Å². The van der Waals surface area contributed by atoms with Crippen molar-refractivity contribution in [2.45, 2.75) is 59.0 Å². The molecule has 1 fully saturated rings. The highest BCUT2D eigenvalue weighted by Crippen LogP contribution is 2.32. The van der Waals surface area contributed by atoms with E-state index < -0.39 is 0 Å². The number of methoxy groups -OCH3 is 2. The Morgan fingerprint density at radius 2 is 1.96 bits per heavy atom. The maximum atomic E-state index is 6.06. The molecule has 148 valence electrons. The Morgan fingerprint density at radius 3 is 2.70 bits per heavy atom. The summed E-state index contributed by atoms with van der Waals surface area (Å²) in [6, 6.07) is 4.60. The lowest BCUT2D eigenvalue weighted by Crippen LogP contribution is -2.39. The van der Waals surface area contributed by atoms with E-state index in [2.05, 4.69) is 18.7 Å². The van der Waals surface area contributed by atoms with E-state index in [-0.39, 0.29) is 0 Å². The van der Waals surface area contributed by atoms with Gasteiger partial charge in [-0.25, -0.2) is 4.98 Å². The monoisotopic (exact) mass is 372 g/mol.